The number of fused-ring (bicyclic) bond motifs is 6. The Morgan fingerprint density at radius 1 is 0.447 bits per heavy atom. The van der Waals surface area contributed by atoms with Gasteiger partial charge in [-0.3, -0.25) is 0 Å². The van der Waals surface area contributed by atoms with Gasteiger partial charge in [-0.25, -0.2) is 0 Å². The van der Waals surface area contributed by atoms with Gasteiger partial charge in [0, 0.05) is 33.1 Å². The predicted molar refractivity (Wildman–Crippen MR) is 197 cm³/mol. The first-order valence-corrected chi connectivity index (χ1v) is 16.3. The molecule has 0 N–H and O–H groups in total. The molecule has 7 aromatic carbocycles. The zero-order chi connectivity index (χ0) is 31.5. The van der Waals surface area contributed by atoms with E-state index in [1.165, 1.54) is 44.5 Å². The lowest BCUT2D eigenvalue weighted by molar-refractivity contribution is 0.660. The van der Waals surface area contributed by atoms with E-state index >= 15 is 0 Å². The molecule has 0 atom stereocenters. The lowest BCUT2D eigenvalue weighted by Crippen LogP contribution is -2.15. The van der Waals surface area contributed by atoms with Crippen LogP contribution in [0.25, 0.3) is 55.3 Å². The molecule has 0 saturated carbocycles. The third-order valence-electron chi connectivity index (χ3n) is 9.87. The van der Waals surface area contributed by atoms with Crippen molar-refractivity contribution in [1.82, 2.24) is 0 Å². The molecule has 0 fully saturated rings. The van der Waals surface area contributed by atoms with Gasteiger partial charge in [0.25, 0.3) is 0 Å². The molecule has 2 heteroatoms. The van der Waals surface area contributed by atoms with Gasteiger partial charge >= 0.3 is 0 Å². The fourth-order valence-corrected chi connectivity index (χ4v) is 7.60. The summed E-state index contributed by atoms with van der Waals surface area (Å²) in [6, 6.07) is 58.9. The van der Waals surface area contributed by atoms with Crippen molar-refractivity contribution in [2.45, 2.75) is 19.3 Å². The minimum atomic E-state index is -0.116. The Balaban J connectivity index is 1.31. The average molecular weight is 604 g/mol. The van der Waals surface area contributed by atoms with Crippen molar-refractivity contribution >= 4 is 39.0 Å². The van der Waals surface area contributed by atoms with Gasteiger partial charge in [0.05, 0.1) is 5.69 Å². The molecule has 0 radical (unpaired) electrons. The summed E-state index contributed by atoms with van der Waals surface area (Å²) >= 11 is 0. The van der Waals surface area contributed by atoms with E-state index in [9.17, 15) is 0 Å². The van der Waals surface area contributed by atoms with Gasteiger partial charge in [-0.2, -0.15) is 0 Å². The normalized spacial score (nSPS) is 13.1. The highest BCUT2D eigenvalue weighted by Crippen LogP contribution is 2.54. The Kier molecular flexibility index (Phi) is 6.20. The zero-order valence-corrected chi connectivity index (χ0v) is 26.4. The summed E-state index contributed by atoms with van der Waals surface area (Å²) in [6.07, 6.45) is 0. The summed E-state index contributed by atoms with van der Waals surface area (Å²) in [5.41, 5.74) is 15.2. The van der Waals surface area contributed by atoms with E-state index in [-0.39, 0.29) is 5.41 Å². The van der Waals surface area contributed by atoms with Crippen LogP contribution in [-0.4, -0.2) is 0 Å². The first-order chi connectivity index (χ1) is 23.1. The van der Waals surface area contributed by atoms with E-state index in [1.54, 1.807) is 0 Å². The molecule has 224 valence electrons. The van der Waals surface area contributed by atoms with E-state index in [0.29, 0.717) is 0 Å². The summed E-state index contributed by atoms with van der Waals surface area (Å²) in [6.45, 7) is 4.71. The molecule has 0 bridgehead atoms. The maximum Gasteiger partial charge on any atom is 0.135 e. The number of hydrogen-bond donors (Lipinski definition) is 0. The van der Waals surface area contributed by atoms with Gasteiger partial charge in [0.2, 0.25) is 0 Å². The standard InChI is InChI=1S/C45H33NO/c1-45(2)39-26-24-32(29-38(39)44-35(20-13-21-40(44)45)31-16-7-4-8-17-31)46(41-22-11-9-18-34(41)30-14-5-3-6-15-30)33-25-27-43-37(28-33)36-19-10-12-23-42(36)47-43/h3-29H,1-2H3. The molecule has 0 spiro atoms. The number of hydrogen-bond acceptors (Lipinski definition) is 2. The van der Waals surface area contributed by atoms with E-state index in [1.807, 2.05) is 12.1 Å². The number of rotatable bonds is 5. The Labute approximate surface area is 275 Å². The topological polar surface area (TPSA) is 16.4 Å². The van der Waals surface area contributed by atoms with Crippen molar-refractivity contribution in [1.29, 1.82) is 0 Å². The minimum absolute atomic E-state index is 0.116. The van der Waals surface area contributed by atoms with Gasteiger partial charge in [-0.15, -0.1) is 0 Å². The minimum Gasteiger partial charge on any atom is -0.456 e. The summed E-state index contributed by atoms with van der Waals surface area (Å²) in [4.78, 5) is 2.42. The van der Waals surface area contributed by atoms with Crippen molar-refractivity contribution in [3.63, 3.8) is 0 Å². The molecule has 0 unspecified atom stereocenters. The molecule has 0 saturated heterocycles. The van der Waals surface area contributed by atoms with E-state index in [4.69, 9.17) is 4.42 Å². The van der Waals surface area contributed by atoms with Crippen molar-refractivity contribution in [3.05, 3.63) is 175 Å². The first kappa shape index (κ1) is 27.5. The second-order valence-corrected chi connectivity index (χ2v) is 12.9. The molecule has 9 rings (SSSR count). The second-order valence-electron chi connectivity index (χ2n) is 12.9. The summed E-state index contributed by atoms with van der Waals surface area (Å²) in [5.74, 6) is 0. The third kappa shape index (κ3) is 4.33. The Morgan fingerprint density at radius 2 is 1.06 bits per heavy atom. The molecule has 0 aliphatic heterocycles. The van der Waals surface area contributed by atoms with Crippen molar-refractivity contribution in [3.8, 4) is 33.4 Å². The van der Waals surface area contributed by atoms with Crippen LogP contribution in [0.15, 0.2) is 168 Å². The largest absolute Gasteiger partial charge is 0.456 e. The first-order valence-electron chi connectivity index (χ1n) is 16.3. The maximum atomic E-state index is 6.25. The van der Waals surface area contributed by atoms with Crippen LogP contribution in [0, 0.1) is 0 Å². The lowest BCUT2D eigenvalue weighted by atomic mass is 9.82. The molecule has 2 nitrogen and oxygen atoms in total. The van der Waals surface area contributed by atoms with Gasteiger partial charge in [0.15, 0.2) is 0 Å². The molecule has 0 amide bonds. The second kappa shape index (κ2) is 10.6. The van der Waals surface area contributed by atoms with Crippen LogP contribution in [0.2, 0.25) is 0 Å². The van der Waals surface area contributed by atoms with Gasteiger partial charge in [0.1, 0.15) is 11.2 Å². The molecule has 1 aliphatic rings. The van der Waals surface area contributed by atoms with Crippen molar-refractivity contribution in [2.75, 3.05) is 4.90 Å². The zero-order valence-electron chi connectivity index (χ0n) is 26.4. The van der Waals surface area contributed by atoms with Crippen LogP contribution in [0.3, 0.4) is 0 Å². The van der Waals surface area contributed by atoms with E-state index in [2.05, 4.69) is 170 Å². The fraction of sp³-hybridized carbons (Fsp3) is 0.0667. The van der Waals surface area contributed by atoms with Crippen LogP contribution in [0.1, 0.15) is 25.0 Å². The van der Waals surface area contributed by atoms with Crippen LogP contribution in [0.5, 0.6) is 0 Å². The highest BCUT2D eigenvalue weighted by atomic mass is 16.3. The highest BCUT2D eigenvalue weighted by molar-refractivity contribution is 6.07. The van der Waals surface area contributed by atoms with Crippen LogP contribution >= 0.6 is 0 Å². The molecular weight excluding hydrogens is 571 g/mol. The number of para-hydroxylation sites is 2. The number of benzene rings is 7. The number of nitrogens with zero attached hydrogens (tertiary/aromatic N) is 1. The molecule has 1 heterocycles. The number of anilines is 3. The van der Waals surface area contributed by atoms with Crippen LogP contribution in [-0.2, 0) is 5.41 Å². The lowest BCUT2D eigenvalue weighted by Gasteiger charge is -2.29. The Morgan fingerprint density at radius 3 is 1.87 bits per heavy atom. The monoisotopic (exact) mass is 603 g/mol. The van der Waals surface area contributed by atoms with Gasteiger partial charge in [-0.1, -0.05) is 135 Å². The molecule has 8 aromatic rings. The highest BCUT2D eigenvalue weighted by Gasteiger charge is 2.37. The third-order valence-corrected chi connectivity index (χ3v) is 9.87. The average Bonchev–Trinajstić information content (AvgIpc) is 3.61. The molecule has 47 heavy (non-hydrogen) atoms. The van der Waals surface area contributed by atoms with Gasteiger partial charge in [-0.05, 0) is 81.4 Å². The van der Waals surface area contributed by atoms with E-state index in [0.717, 1.165) is 39.0 Å². The Hall–Kier alpha value is -5.86. The summed E-state index contributed by atoms with van der Waals surface area (Å²) < 4.78 is 6.25. The van der Waals surface area contributed by atoms with Crippen molar-refractivity contribution in [2.24, 2.45) is 0 Å². The Bertz CT molecular complexity index is 2440. The molecular formula is C45H33NO. The van der Waals surface area contributed by atoms with Crippen LogP contribution in [0.4, 0.5) is 17.1 Å². The van der Waals surface area contributed by atoms with Gasteiger partial charge < -0.3 is 9.32 Å². The maximum absolute atomic E-state index is 6.25. The van der Waals surface area contributed by atoms with Crippen LogP contribution < -0.4 is 4.90 Å². The quantitative estimate of drug-likeness (QED) is 0.195. The smallest absolute Gasteiger partial charge is 0.135 e. The van der Waals surface area contributed by atoms with E-state index < -0.39 is 0 Å². The summed E-state index contributed by atoms with van der Waals surface area (Å²) in [7, 11) is 0. The summed E-state index contributed by atoms with van der Waals surface area (Å²) in [5, 5.41) is 2.23. The van der Waals surface area contributed by atoms with Crippen molar-refractivity contribution < 1.29 is 4.42 Å². The fourth-order valence-electron chi connectivity index (χ4n) is 7.60. The number of furan rings is 1. The molecule has 1 aliphatic carbocycles. The predicted octanol–water partition coefficient (Wildman–Crippen LogP) is 12.7. The molecule has 1 aromatic heterocycles. The SMILES string of the molecule is CC1(C)c2ccc(N(c3ccc4oc5ccccc5c4c3)c3ccccc3-c3ccccc3)cc2-c2c(-c3ccccc3)cccc21.